The number of pyridine rings is 2. The highest BCUT2D eigenvalue weighted by molar-refractivity contribution is 5.45. The van der Waals surface area contributed by atoms with Gasteiger partial charge in [0.1, 0.15) is 0 Å². The van der Waals surface area contributed by atoms with Gasteiger partial charge in [-0.05, 0) is 24.3 Å². The summed E-state index contributed by atoms with van der Waals surface area (Å²) in [5.74, 6) is 0. The number of anilines is 1. The fourth-order valence-corrected chi connectivity index (χ4v) is 1.75. The lowest BCUT2D eigenvalue weighted by molar-refractivity contribution is 0.277. The van der Waals surface area contributed by atoms with E-state index in [9.17, 15) is 0 Å². The maximum absolute atomic E-state index is 9.06. The molecule has 4 heteroatoms. The van der Waals surface area contributed by atoms with Crippen molar-refractivity contribution in [3.05, 3.63) is 54.1 Å². The zero-order valence-electron chi connectivity index (χ0n) is 10.5. The van der Waals surface area contributed by atoms with Gasteiger partial charge in [0.15, 0.2) is 0 Å². The van der Waals surface area contributed by atoms with Crippen molar-refractivity contribution in [2.45, 2.75) is 13.0 Å². The van der Waals surface area contributed by atoms with E-state index < -0.39 is 0 Å². The Balaban J connectivity index is 1.97. The SMILES string of the molecule is CN(CCc1ccccn1)c1ccnc(CO)c1. The highest BCUT2D eigenvalue weighted by atomic mass is 16.3. The predicted molar refractivity (Wildman–Crippen MR) is 71.4 cm³/mol. The number of hydrogen-bond acceptors (Lipinski definition) is 4. The summed E-state index contributed by atoms with van der Waals surface area (Å²) < 4.78 is 0. The smallest absolute Gasteiger partial charge is 0.0853 e. The van der Waals surface area contributed by atoms with E-state index >= 15 is 0 Å². The number of aliphatic hydroxyl groups is 1. The summed E-state index contributed by atoms with van der Waals surface area (Å²) in [5.41, 5.74) is 2.84. The Morgan fingerprint density at radius 3 is 2.67 bits per heavy atom. The Hall–Kier alpha value is -1.94. The molecule has 1 N–H and O–H groups in total. The monoisotopic (exact) mass is 243 g/mol. The second kappa shape index (κ2) is 6.12. The van der Waals surface area contributed by atoms with Gasteiger partial charge in [0.2, 0.25) is 0 Å². The molecule has 2 aromatic heterocycles. The molecule has 0 atom stereocenters. The van der Waals surface area contributed by atoms with E-state index in [2.05, 4.69) is 14.9 Å². The van der Waals surface area contributed by atoms with Gasteiger partial charge in [-0.25, -0.2) is 0 Å². The van der Waals surface area contributed by atoms with Crippen LogP contribution in [0.1, 0.15) is 11.4 Å². The van der Waals surface area contributed by atoms with Crippen molar-refractivity contribution < 1.29 is 5.11 Å². The number of rotatable bonds is 5. The van der Waals surface area contributed by atoms with Gasteiger partial charge in [0, 0.05) is 43.8 Å². The molecule has 0 aliphatic heterocycles. The highest BCUT2D eigenvalue weighted by Gasteiger charge is 2.03. The normalized spacial score (nSPS) is 10.3. The van der Waals surface area contributed by atoms with Crippen LogP contribution in [0.3, 0.4) is 0 Å². The fourth-order valence-electron chi connectivity index (χ4n) is 1.75. The van der Waals surface area contributed by atoms with Gasteiger partial charge in [0.25, 0.3) is 0 Å². The summed E-state index contributed by atoms with van der Waals surface area (Å²) in [6.07, 6.45) is 4.43. The van der Waals surface area contributed by atoms with Crippen LogP contribution in [0.5, 0.6) is 0 Å². The molecule has 0 radical (unpaired) electrons. The molecule has 2 heterocycles. The van der Waals surface area contributed by atoms with E-state index in [1.54, 1.807) is 6.20 Å². The lowest BCUT2D eigenvalue weighted by Gasteiger charge is -2.19. The van der Waals surface area contributed by atoms with Crippen LogP contribution in [0.2, 0.25) is 0 Å². The average Bonchev–Trinajstić information content (AvgIpc) is 2.46. The van der Waals surface area contributed by atoms with Crippen LogP contribution in [-0.4, -0.2) is 28.7 Å². The maximum Gasteiger partial charge on any atom is 0.0853 e. The largest absolute Gasteiger partial charge is 0.390 e. The molecular formula is C14H17N3O. The van der Waals surface area contributed by atoms with E-state index in [0.717, 1.165) is 24.3 Å². The Morgan fingerprint density at radius 1 is 1.11 bits per heavy atom. The van der Waals surface area contributed by atoms with Gasteiger partial charge >= 0.3 is 0 Å². The topological polar surface area (TPSA) is 49.2 Å². The lowest BCUT2D eigenvalue weighted by atomic mass is 10.2. The molecule has 94 valence electrons. The number of likely N-dealkylation sites (N-methyl/N-ethyl adjacent to an activating group) is 1. The van der Waals surface area contributed by atoms with Crippen LogP contribution in [0.15, 0.2) is 42.7 Å². The molecule has 18 heavy (non-hydrogen) atoms. The van der Waals surface area contributed by atoms with E-state index in [1.165, 1.54) is 0 Å². The zero-order valence-corrected chi connectivity index (χ0v) is 10.5. The number of hydrogen-bond donors (Lipinski definition) is 1. The van der Waals surface area contributed by atoms with Crippen molar-refractivity contribution in [3.8, 4) is 0 Å². The van der Waals surface area contributed by atoms with Crippen LogP contribution in [0, 0.1) is 0 Å². The first kappa shape index (κ1) is 12.5. The Bertz CT molecular complexity index is 487. The third-order valence-electron chi connectivity index (χ3n) is 2.83. The van der Waals surface area contributed by atoms with Crippen molar-refractivity contribution in [1.29, 1.82) is 0 Å². The molecule has 0 saturated carbocycles. The molecule has 2 aromatic rings. The number of aliphatic hydroxyl groups excluding tert-OH is 1. The summed E-state index contributed by atoms with van der Waals surface area (Å²) in [6, 6.07) is 9.79. The third kappa shape index (κ3) is 3.28. The van der Waals surface area contributed by atoms with Crippen molar-refractivity contribution in [3.63, 3.8) is 0 Å². The minimum Gasteiger partial charge on any atom is -0.390 e. The summed E-state index contributed by atoms with van der Waals surface area (Å²) in [5, 5.41) is 9.06. The Labute approximate surface area is 107 Å². The minimum absolute atomic E-state index is 0.0259. The predicted octanol–water partition coefficient (Wildman–Crippen LogP) is 1.65. The second-order valence-corrected chi connectivity index (χ2v) is 4.16. The quantitative estimate of drug-likeness (QED) is 0.867. The molecule has 0 aliphatic rings. The summed E-state index contributed by atoms with van der Waals surface area (Å²) in [4.78, 5) is 10.5. The average molecular weight is 243 g/mol. The van der Waals surface area contributed by atoms with Crippen molar-refractivity contribution in [2.24, 2.45) is 0 Å². The van der Waals surface area contributed by atoms with E-state index in [-0.39, 0.29) is 6.61 Å². The van der Waals surface area contributed by atoms with E-state index in [4.69, 9.17) is 5.11 Å². The molecule has 0 unspecified atom stereocenters. The van der Waals surface area contributed by atoms with Crippen LogP contribution < -0.4 is 4.90 Å². The molecule has 0 fully saturated rings. The Morgan fingerprint density at radius 2 is 1.94 bits per heavy atom. The van der Waals surface area contributed by atoms with E-state index in [0.29, 0.717) is 5.69 Å². The molecule has 4 nitrogen and oxygen atoms in total. The van der Waals surface area contributed by atoms with Gasteiger partial charge in [-0.1, -0.05) is 6.07 Å². The Kier molecular flexibility index (Phi) is 4.25. The molecule has 0 amide bonds. The molecule has 0 bridgehead atoms. The molecule has 2 rings (SSSR count). The van der Waals surface area contributed by atoms with Gasteiger partial charge in [-0.3, -0.25) is 9.97 Å². The summed E-state index contributed by atoms with van der Waals surface area (Å²) in [7, 11) is 2.03. The lowest BCUT2D eigenvalue weighted by Crippen LogP contribution is -2.20. The van der Waals surface area contributed by atoms with Crippen molar-refractivity contribution in [2.75, 3.05) is 18.5 Å². The number of aromatic nitrogens is 2. The second-order valence-electron chi connectivity index (χ2n) is 4.16. The maximum atomic E-state index is 9.06. The van der Waals surface area contributed by atoms with Gasteiger partial charge < -0.3 is 10.0 Å². The summed E-state index contributed by atoms with van der Waals surface area (Å²) in [6.45, 7) is 0.855. The zero-order chi connectivity index (χ0) is 12.8. The van der Waals surface area contributed by atoms with Crippen LogP contribution in [-0.2, 0) is 13.0 Å². The van der Waals surface area contributed by atoms with Crippen LogP contribution in [0.4, 0.5) is 5.69 Å². The molecular weight excluding hydrogens is 226 g/mol. The first-order valence-corrected chi connectivity index (χ1v) is 5.96. The highest BCUT2D eigenvalue weighted by Crippen LogP contribution is 2.13. The standard InChI is InChI=1S/C14H17N3O/c1-17(9-6-12-4-2-3-7-15-12)14-5-8-16-13(10-14)11-18/h2-5,7-8,10,18H,6,9,11H2,1H3. The van der Waals surface area contributed by atoms with Crippen molar-refractivity contribution in [1.82, 2.24) is 9.97 Å². The molecule has 0 aromatic carbocycles. The number of nitrogens with zero attached hydrogens (tertiary/aromatic N) is 3. The van der Waals surface area contributed by atoms with Crippen molar-refractivity contribution >= 4 is 5.69 Å². The first-order chi connectivity index (χ1) is 8.79. The third-order valence-corrected chi connectivity index (χ3v) is 2.83. The van der Waals surface area contributed by atoms with Crippen LogP contribution >= 0.6 is 0 Å². The molecule has 0 spiro atoms. The van der Waals surface area contributed by atoms with Gasteiger partial charge in [-0.15, -0.1) is 0 Å². The minimum atomic E-state index is -0.0259. The molecule has 0 saturated heterocycles. The molecule has 0 aliphatic carbocycles. The fraction of sp³-hybridized carbons (Fsp3) is 0.286. The van der Waals surface area contributed by atoms with Gasteiger partial charge in [0.05, 0.1) is 12.3 Å². The van der Waals surface area contributed by atoms with E-state index in [1.807, 2.05) is 43.6 Å². The first-order valence-electron chi connectivity index (χ1n) is 5.96. The van der Waals surface area contributed by atoms with Crippen LogP contribution in [0.25, 0.3) is 0 Å². The van der Waals surface area contributed by atoms with Gasteiger partial charge in [-0.2, -0.15) is 0 Å². The summed E-state index contributed by atoms with van der Waals surface area (Å²) >= 11 is 0.